The highest BCUT2D eigenvalue weighted by Gasteiger charge is 2.18. The van der Waals surface area contributed by atoms with Crippen LogP contribution in [0.5, 0.6) is 5.75 Å². The third kappa shape index (κ3) is 4.00. The summed E-state index contributed by atoms with van der Waals surface area (Å²) in [7, 11) is 1.54. The van der Waals surface area contributed by atoms with Gasteiger partial charge in [0.15, 0.2) is 0 Å². The van der Waals surface area contributed by atoms with E-state index in [1.54, 1.807) is 12.1 Å². The molecule has 27 heavy (non-hydrogen) atoms. The van der Waals surface area contributed by atoms with Gasteiger partial charge in [0.2, 0.25) is 0 Å². The standard InChI is InChI=1S/C20H18Cl2N2O3/c1-12-6-7-13-4-3-5-17(20(13)23-12)27-11-14-15(21)8-9-16(19(14)22)24(2)18(26)10-25/h3-9,25H,10-11H2,1-2H3. The molecule has 3 rings (SSSR count). The Labute approximate surface area is 167 Å². The number of ether oxygens (including phenoxy) is 1. The molecule has 0 atom stereocenters. The van der Waals surface area contributed by atoms with E-state index in [1.165, 1.54) is 11.9 Å². The van der Waals surface area contributed by atoms with Crippen LogP contribution in [0.3, 0.4) is 0 Å². The SMILES string of the molecule is Cc1ccc2cccc(OCc3c(Cl)ccc(N(C)C(=O)CO)c3Cl)c2n1. The number of aliphatic hydroxyl groups is 1. The number of anilines is 1. The van der Waals surface area contributed by atoms with Gasteiger partial charge in [-0.25, -0.2) is 4.98 Å². The van der Waals surface area contributed by atoms with Crippen molar-refractivity contribution >= 4 is 45.7 Å². The van der Waals surface area contributed by atoms with Crippen LogP contribution in [0.1, 0.15) is 11.3 Å². The number of para-hydroxylation sites is 1. The van der Waals surface area contributed by atoms with Crippen molar-refractivity contribution in [3.8, 4) is 5.75 Å². The fourth-order valence-electron chi connectivity index (χ4n) is 2.70. The Morgan fingerprint density at radius 2 is 1.96 bits per heavy atom. The predicted molar refractivity (Wildman–Crippen MR) is 108 cm³/mol. The molecule has 0 aliphatic carbocycles. The van der Waals surface area contributed by atoms with Gasteiger partial charge in [-0.1, -0.05) is 41.4 Å². The van der Waals surface area contributed by atoms with Gasteiger partial charge in [0.25, 0.3) is 5.91 Å². The summed E-state index contributed by atoms with van der Waals surface area (Å²) in [6.07, 6.45) is 0. The normalized spacial score (nSPS) is 10.9. The van der Waals surface area contributed by atoms with Crippen molar-refractivity contribution in [1.29, 1.82) is 0 Å². The monoisotopic (exact) mass is 404 g/mol. The lowest BCUT2D eigenvalue weighted by molar-refractivity contribution is -0.120. The van der Waals surface area contributed by atoms with Gasteiger partial charge in [0, 0.05) is 28.7 Å². The number of rotatable bonds is 5. The van der Waals surface area contributed by atoms with Crippen LogP contribution in [0.25, 0.3) is 10.9 Å². The lowest BCUT2D eigenvalue weighted by Crippen LogP contribution is -2.29. The van der Waals surface area contributed by atoms with Gasteiger partial charge in [-0.2, -0.15) is 0 Å². The van der Waals surface area contributed by atoms with Crippen LogP contribution in [0, 0.1) is 6.92 Å². The minimum atomic E-state index is -0.609. The molecule has 0 spiro atoms. The smallest absolute Gasteiger partial charge is 0.252 e. The summed E-state index contributed by atoms with van der Waals surface area (Å²) in [6, 6.07) is 12.9. The molecule has 3 aromatic rings. The fourth-order valence-corrected chi connectivity index (χ4v) is 3.31. The number of amides is 1. The first-order chi connectivity index (χ1) is 12.9. The van der Waals surface area contributed by atoms with Crippen LogP contribution in [-0.2, 0) is 11.4 Å². The molecular formula is C20H18Cl2N2O3. The van der Waals surface area contributed by atoms with Crippen molar-refractivity contribution in [1.82, 2.24) is 4.98 Å². The van der Waals surface area contributed by atoms with Gasteiger partial charge in [0.1, 0.15) is 24.5 Å². The number of nitrogens with zero attached hydrogens (tertiary/aromatic N) is 2. The minimum Gasteiger partial charge on any atom is -0.487 e. The quantitative estimate of drug-likeness (QED) is 0.684. The molecule has 0 unspecified atom stereocenters. The van der Waals surface area contributed by atoms with E-state index in [0.717, 1.165) is 16.6 Å². The number of hydrogen-bond donors (Lipinski definition) is 1. The molecule has 2 aromatic carbocycles. The van der Waals surface area contributed by atoms with E-state index < -0.39 is 12.5 Å². The molecule has 0 radical (unpaired) electrons. The molecule has 1 aromatic heterocycles. The third-order valence-corrected chi connectivity index (χ3v) is 5.01. The molecule has 1 N–H and O–H groups in total. The van der Waals surface area contributed by atoms with E-state index in [2.05, 4.69) is 4.98 Å². The summed E-state index contributed by atoms with van der Waals surface area (Å²) in [5, 5.41) is 10.8. The molecule has 7 heteroatoms. The van der Waals surface area contributed by atoms with E-state index >= 15 is 0 Å². The van der Waals surface area contributed by atoms with Crippen molar-refractivity contribution in [2.45, 2.75) is 13.5 Å². The number of benzene rings is 2. The van der Waals surface area contributed by atoms with Gasteiger partial charge in [-0.15, -0.1) is 0 Å². The molecule has 0 aliphatic rings. The number of halogens is 2. The molecule has 1 heterocycles. The maximum atomic E-state index is 11.8. The Kier molecular flexibility index (Phi) is 5.85. The highest BCUT2D eigenvalue weighted by atomic mass is 35.5. The Hall–Kier alpha value is -2.34. The second-order valence-corrected chi connectivity index (χ2v) is 6.82. The van der Waals surface area contributed by atoms with Crippen LogP contribution < -0.4 is 9.64 Å². The lowest BCUT2D eigenvalue weighted by atomic mass is 10.1. The molecule has 5 nitrogen and oxygen atoms in total. The fraction of sp³-hybridized carbons (Fsp3) is 0.200. The number of aryl methyl sites for hydroxylation is 1. The van der Waals surface area contributed by atoms with Crippen LogP contribution in [0.4, 0.5) is 5.69 Å². The summed E-state index contributed by atoms with van der Waals surface area (Å²) in [4.78, 5) is 17.6. The second kappa shape index (κ2) is 8.13. The highest BCUT2D eigenvalue weighted by Crippen LogP contribution is 2.35. The zero-order valence-corrected chi connectivity index (χ0v) is 16.4. The first kappa shape index (κ1) is 19.4. The zero-order chi connectivity index (χ0) is 19.6. The predicted octanol–water partition coefficient (Wildman–Crippen LogP) is 4.38. The Morgan fingerprint density at radius 1 is 1.19 bits per heavy atom. The molecule has 0 saturated heterocycles. The number of pyridine rings is 1. The summed E-state index contributed by atoms with van der Waals surface area (Å²) in [5.41, 5.74) is 2.65. The number of likely N-dealkylation sites (N-methyl/N-ethyl adjacent to an activating group) is 1. The van der Waals surface area contributed by atoms with Gasteiger partial charge >= 0.3 is 0 Å². The lowest BCUT2D eigenvalue weighted by Gasteiger charge is -2.20. The molecule has 0 fully saturated rings. The average molecular weight is 405 g/mol. The van der Waals surface area contributed by atoms with Gasteiger partial charge < -0.3 is 14.7 Å². The van der Waals surface area contributed by atoms with E-state index in [1.807, 2.05) is 37.3 Å². The van der Waals surface area contributed by atoms with E-state index in [9.17, 15) is 4.79 Å². The number of fused-ring (bicyclic) bond motifs is 1. The summed E-state index contributed by atoms with van der Waals surface area (Å²) in [5.74, 6) is 0.147. The topological polar surface area (TPSA) is 62.7 Å². The van der Waals surface area contributed by atoms with E-state index in [4.69, 9.17) is 33.0 Å². The largest absolute Gasteiger partial charge is 0.487 e. The number of hydrogen-bond acceptors (Lipinski definition) is 4. The molecule has 0 bridgehead atoms. The van der Waals surface area contributed by atoms with Crippen molar-refractivity contribution in [2.75, 3.05) is 18.6 Å². The van der Waals surface area contributed by atoms with Crippen LogP contribution >= 0.6 is 23.2 Å². The summed E-state index contributed by atoms with van der Waals surface area (Å²) < 4.78 is 5.96. The van der Waals surface area contributed by atoms with Crippen LogP contribution in [0.2, 0.25) is 10.0 Å². The zero-order valence-electron chi connectivity index (χ0n) is 14.9. The summed E-state index contributed by atoms with van der Waals surface area (Å²) in [6.45, 7) is 1.42. The average Bonchev–Trinajstić information content (AvgIpc) is 2.67. The molecule has 1 amide bonds. The van der Waals surface area contributed by atoms with E-state index in [-0.39, 0.29) is 6.61 Å². The van der Waals surface area contributed by atoms with Crippen molar-refractivity contribution in [3.05, 3.63) is 63.8 Å². The van der Waals surface area contributed by atoms with Gasteiger partial charge in [-0.05, 0) is 31.2 Å². The van der Waals surface area contributed by atoms with Gasteiger partial charge in [-0.3, -0.25) is 4.79 Å². The summed E-state index contributed by atoms with van der Waals surface area (Å²) >= 11 is 12.8. The van der Waals surface area contributed by atoms with Crippen LogP contribution in [-0.4, -0.2) is 29.7 Å². The van der Waals surface area contributed by atoms with Crippen molar-refractivity contribution in [3.63, 3.8) is 0 Å². The maximum absolute atomic E-state index is 11.8. The Bertz CT molecular complexity index is 1010. The van der Waals surface area contributed by atoms with Crippen molar-refractivity contribution < 1.29 is 14.6 Å². The van der Waals surface area contributed by atoms with Crippen molar-refractivity contribution in [2.24, 2.45) is 0 Å². The van der Waals surface area contributed by atoms with Gasteiger partial charge in [0.05, 0.1) is 10.7 Å². The molecule has 0 aliphatic heterocycles. The van der Waals surface area contributed by atoms with Crippen LogP contribution in [0.15, 0.2) is 42.5 Å². The molecule has 140 valence electrons. The first-order valence-corrected chi connectivity index (χ1v) is 9.01. The van der Waals surface area contributed by atoms with E-state index in [0.29, 0.717) is 27.0 Å². The Balaban J connectivity index is 1.93. The number of carbonyl (C=O) groups is 1. The minimum absolute atomic E-state index is 0.112. The molecular weight excluding hydrogens is 387 g/mol. The number of aromatic nitrogens is 1. The third-order valence-electron chi connectivity index (χ3n) is 4.23. The first-order valence-electron chi connectivity index (χ1n) is 8.26. The highest BCUT2D eigenvalue weighted by molar-refractivity contribution is 6.38. The second-order valence-electron chi connectivity index (χ2n) is 6.04. The number of carbonyl (C=O) groups excluding carboxylic acids is 1. The molecule has 0 saturated carbocycles. The number of aliphatic hydroxyl groups excluding tert-OH is 1. The Morgan fingerprint density at radius 3 is 2.70 bits per heavy atom. The maximum Gasteiger partial charge on any atom is 0.252 e.